The summed E-state index contributed by atoms with van der Waals surface area (Å²) >= 11 is 0. The summed E-state index contributed by atoms with van der Waals surface area (Å²) in [7, 11) is 1.40. The van der Waals surface area contributed by atoms with Gasteiger partial charge in [0.2, 0.25) is 5.91 Å². The SMILES string of the molecule is COC(=O)CN1CCN(C(=O)CC2CCNCC2)CC1. The minimum absolute atomic E-state index is 0.209. The smallest absolute Gasteiger partial charge is 0.319 e. The lowest BCUT2D eigenvalue weighted by molar-refractivity contribution is -0.142. The molecule has 2 aliphatic rings. The van der Waals surface area contributed by atoms with Gasteiger partial charge in [-0.1, -0.05) is 0 Å². The lowest BCUT2D eigenvalue weighted by atomic mass is 9.94. The summed E-state index contributed by atoms with van der Waals surface area (Å²) in [6.07, 6.45) is 2.89. The van der Waals surface area contributed by atoms with Crippen LogP contribution in [0.5, 0.6) is 0 Å². The molecule has 0 saturated carbocycles. The molecule has 6 nitrogen and oxygen atoms in total. The van der Waals surface area contributed by atoms with E-state index < -0.39 is 0 Å². The predicted octanol–water partition coefficient (Wildman–Crippen LogP) is -0.307. The Balaban J connectivity index is 1.69. The Morgan fingerprint density at radius 1 is 1.15 bits per heavy atom. The third-order valence-electron chi connectivity index (χ3n) is 4.23. The number of nitrogens with one attached hydrogen (secondary N) is 1. The molecular weight excluding hydrogens is 258 g/mol. The maximum Gasteiger partial charge on any atom is 0.319 e. The zero-order valence-electron chi connectivity index (χ0n) is 12.3. The van der Waals surface area contributed by atoms with E-state index in [4.69, 9.17) is 0 Å². The van der Waals surface area contributed by atoms with Gasteiger partial charge in [0.15, 0.2) is 0 Å². The number of hydrogen-bond donors (Lipinski definition) is 1. The Labute approximate surface area is 120 Å². The first-order chi connectivity index (χ1) is 9.69. The molecule has 2 heterocycles. The van der Waals surface area contributed by atoms with Crippen molar-refractivity contribution in [2.75, 3.05) is 52.9 Å². The summed E-state index contributed by atoms with van der Waals surface area (Å²) in [4.78, 5) is 27.4. The van der Waals surface area contributed by atoms with Gasteiger partial charge in [0.1, 0.15) is 0 Å². The van der Waals surface area contributed by atoms with Crippen LogP contribution in [0.4, 0.5) is 0 Å². The Bertz CT molecular complexity index is 335. The molecule has 1 amide bonds. The van der Waals surface area contributed by atoms with Gasteiger partial charge in [-0.05, 0) is 31.8 Å². The van der Waals surface area contributed by atoms with Crippen LogP contribution in [0.25, 0.3) is 0 Å². The molecule has 2 aliphatic heterocycles. The standard InChI is InChI=1S/C14H25N3O3/c1-20-14(19)11-16-6-8-17(9-7-16)13(18)10-12-2-4-15-5-3-12/h12,15H,2-11H2,1H3. The van der Waals surface area contributed by atoms with E-state index in [1.165, 1.54) is 7.11 Å². The average Bonchev–Trinajstić information content (AvgIpc) is 2.49. The number of rotatable bonds is 4. The van der Waals surface area contributed by atoms with Crippen molar-refractivity contribution in [3.63, 3.8) is 0 Å². The molecule has 2 rings (SSSR count). The monoisotopic (exact) mass is 283 g/mol. The van der Waals surface area contributed by atoms with Gasteiger partial charge in [0.25, 0.3) is 0 Å². The molecule has 0 bridgehead atoms. The van der Waals surface area contributed by atoms with Crippen LogP contribution in [0.1, 0.15) is 19.3 Å². The van der Waals surface area contributed by atoms with Crippen molar-refractivity contribution in [3.05, 3.63) is 0 Å². The maximum absolute atomic E-state index is 12.2. The summed E-state index contributed by atoms with van der Waals surface area (Å²) in [6.45, 7) is 5.35. The first-order valence-electron chi connectivity index (χ1n) is 7.46. The Kier molecular flexibility index (Phi) is 5.79. The van der Waals surface area contributed by atoms with Gasteiger partial charge in [0.05, 0.1) is 13.7 Å². The molecule has 114 valence electrons. The van der Waals surface area contributed by atoms with E-state index >= 15 is 0 Å². The Hall–Kier alpha value is -1.14. The van der Waals surface area contributed by atoms with Crippen molar-refractivity contribution in [1.29, 1.82) is 0 Å². The fraction of sp³-hybridized carbons (Fsp3) is 0.857. The van der Waals surface area contributed by atoms with Crippen LogP contribution < -0.4 is 5.32 Å². The molecule has 0 aromatic carbocycles. The van der Waals surface area contributed by atoms with Crippen molar-refractivity contribution in [3.8, 4) is 0 Å². The molecule has 20 heavy (non-hydrogen) atoms. The Morgan fingerprint density at radius 2 is 1.80 bits per heavy atom. The van der Waals surface area contributed by atoms with Crippen molar-refractivity contribution in [2.24, 2.45) is 5.92 Å². The molecule has 0 unspecified atom stereocenters. The minimum atomic E-state index is -0.209. The van der Waals surface area contributed by atoms with Gasteiger partial charge in [-0.2, -0.15) is 0 Å². The number of carbonyl (C=O) groups excluding carboxylic acids is 2. The number of carbonyl (C=O) groups is 2. The normalized spacial score (nSPS) is 21.8. The van der Waals surface area contributed by atoms with E-state index in [1.807, 2.05) is 9.80 Å². The number of nitrogens with zero attached hydrogens (tertiary/aromatic N) is 2. The molecule has 2 saturated heterocycles. The summed E-state index contributed by atoms with van der Waals surface area (Å²) in [5.74, 6) is 0.603. The van der Waals surface area contributed by atoms with Crippen molar-refractivity contribution in [1.82, 2.24) is 15.1 Å². The Morgan fingerprint density at radius 3 is 2.40 bits per heavy atom. The fourth-order valence-electron chi connectivity index (χ4n) is 2.86. The van der Waals surface area contributed by atoms with Crippen molar-refractivity contribution in [2.45, 2.75) is 19.3 Å². The molecule has 0 aliphatic carbocycles. The summed E-state index contributed by atoms with van der Waals surface area (Å²) in [5, 5.41) is 3.32. The molecule has 0 spiro atoms. The number of piperazine rings is 1. The van der Waals surface area contributed by atoms with Gasteiger partial charge in [0, 0.05) is 32.6 Å². The number of methoxy groups -OCH3 is 1. The van der Waals surface area contributed by atoms with Crippen LogP contribution in [0, 0.1) is 5.92 Å². The first-order valence-corrected chi connectivity index (χ1v) is 7.46. The van der Waals surface area contributed by atoms with Crippen LogP contribution in [0.15, 0.2) is 0 Å². The van der Waals surface area contributed by atoms with Crippen molar-refractivity contribution >= 4 is 11.9 Å². The van der Waals surface area contributed by atoms with Gasteiger partial charge in [-0.15, -0.1) is 0 Å². The molecule has 1 N–H and O–H groups in total. The van der Waals surface area contributed by atoms with E-state index in [0.717, 1.165) is 52.1 Å². The summed E-state index contributed by atoms with van der Waals surface area (Å²) in [6, 6.07) is 0. The highest BCUT2D eigenvalue weighted by atomic mass is 16.5. The van der Waals surface area contributed by atoms with Crippen LogP contribution in [0.2, 0.25) is 0 Å². The van der Waals surface area contributed by atoms with Gasteiger partial charge in [-0.3, -0.25) is 14.5 Å². The first kappa shape index (κ1) is 15.3. The molecule has 2 fully saturated rings. The number of esters is 1. The maximum atomic E-state index is 12.2. The third kappa shape index (κ3) is 4.45. The quantitative estimate of drug-likeness (QED) is 0.717. The molecular formula is C14H25N3O3. The van der Waals surface area contributed by atoms with E-state index in [1.54, 1.807) is 0 Å². The third-order valence-corrected chi connectivity index (χ3v) is 4.23. The van der Waals surface area contributed by atoms with E-state index in [2.05, 4.69) is 10.1 Å². The number of hydrogen-bond acceptors (Lipinski definition) is 5. The van der Waals surface area contributed by atoms with E-state index in [-0.39, 0.29) is 11.9 Å². The van der Waals surface area contributed by atoms with Crippen LogP contribution in [0.3, 0.4) is 0 Å². The van der Waals surface area contributed by atoms with Crippen LogP contribution in [-0.4, -0.2) is 74.6 Å². The number of amides is 1. The highest BCUT2D eigenvalue weighted by Gasteiger charge is 2.25. The minimum Gasteiger partial charge on any atom is -0.468 e. The summed E-state index contributed by atoms with van der Waals surface area (Å²) in [5.41, 5.74) is 0. The zero-order chi connectivity index (χ0) is 14.4. The van der Waals surface area contributed by atoms with Gasteiger partial charge >= 0.3 is 5.97 Å². The lowest BCUT2D eigenvalue weighted by Gasteiger charge is -2.35. The number of ether oxygens (including phenoxy) is 1. The topological polar surface area (TPSA) is 61.9 Å². The predicted molar refractivity (Wildman–Crippen MR) is 75.2 cm³/mol. The molecule has 0 atom stereocenters. The van der Waals surface area contributed by atoms with Crippen LogP contribution >= 0.6 is 0 Å². The second kappa shape index (κ2) is 7.59. The zero-order valence-corrected chi connectivity index (χ0v) is 12.3. The molecule has 0 aromatic rings. The van der Waals surface area contributed by atoms with Crippen molar-refractivity contribution < 1.29 is 14.3 Å². The second-order valence-electron chi connectivity index (χ2n) is 5.63. The second-order valence-corrected chi connectivity index (χ2v) is 5.63. The average molecular weight is 283 g/mol. The van der Waals surface area contributed by atoms with Gasteiger partial charge in [-0.25, -0.2) is 0 Å². The van der Waals surface area contributed by atoms with Gasteiger partial charge < -0.3 is 15.0 Å². The number of piperidine rings is 1. The van der Waals surface area contributed by atoms with Crippen LogP contribution in [-0.2, 0) is 14.3 Å². The fourth-order valence-corrected chi connectivity index (χ4v) is 2.86. The highest BCUT2D eigenvalue weighted by molar-refractivity contribution is 5.76. The molecule has 0 aromatic heterocycles. The lowest BCUT2D eigenvalue weighted by Crippen LogP contribution is -2.50. The largest absolute Gasteiger partial charge is 0.468 e. The summed E-state index contributed by atoms with van der Waals surface area (Å²) < 4.78 is 4.66. The van der Waals surface area contributed by atoms with E-state index in [9.17, 15) is 9.59 Å². The molecule has 0 radical (unpaired) electrons. The highest BCUT2D eigenvalue weighted by Crippen LogP contribution is 2.17. The van der Waals surface area contributed by atoms with E-state index in [0.29, 0.717) is 18.9 Å². The molecule has 6 heteroatoms.